The zero-order chi connectivity index (χ0) is 20.7. The van der Waals surface area contributed by atoms with Crippen molar-refractivity contribution in [1.82, 2.24) is 4.90 Å². The number of benzene rings is 2. The fourth-order valence-electron chi connectivity index (χ4n) is 4.11. The predicted molar refractivity (Wildman–Crippen MR) is 109 cm³/mol. The van der Waals surface area contributed by atoms with E-state index < -0.39 is 12.1 Å². The van der Waals surface area contributed by atoms with Crippen molar-refractivity contribution < 1.29 is 19.5 Å². The van der Waals surface area contributed by atoms with E-state index in [2.05, 4.69) is 5.32 Å². The molecule has 2 aliphatic heterocycles. The van der Waals surface area contributed by atoms with Gasteiger partial charge in [-0.05, 0) is 37.1 Å². The van der Waals surface area contributed by atoms with Crippen molar-refractivity contribution in [2.24, 2.45) is 0 Å². The van der Waals surface area contributed by atoms with Crippen LogP contribution in [-0.4, -0.2) is 53.0 Å². The van der Waals surface area contributed by atoms with E-state index in [9.17, 15) is 19.5 Å². The molecule has 3 amide bonds. The quantitative estimate of drug-likeness (QED) is 0.833. The highest BCUT2D eigenvalue weighted by Gasteiger charge is 2.45. The first-order valence-corrected chi connectivity index (χ1v) is 9.62. The Hall–Kier alpha value is -3.19. The largest absolute Gasteiger partial charge is 0.391 e. The molecule has 2 aromatic carbocycles. The van der Waals surface area contributed by atoms with E-state index in [-0.39, 0.29) is 37.2 Å². The molecule has 0 unspecified atom stereocenters. The zero-order valence-electron chi connectivity index (χ0n) is 16.4. The van der Waals surface area contributed by atoms with Crippen LogP contribution in [0.2, 0.25) is 0 Å². The van der Waals surface area contributed by atoms with Crippen LogP contribution in [0.5, 0.6) is 0 Å². The molecule has 2 N–H and O–H groups in total. The number of anilines is 2. The summed E-state index contributed by atoms with van der Waals surface area (Å²) in [4.78, 5) is 41.8. The van der Waals surface area contributed by atoms with E-state index in [1.807, 2.05) is 32.0 Å². The van der Waals surface area contributed by atoms with Crippen LogP contribution in [-0.2, 0) is 9.59 Å². The number of carbonyl (C=O) groups excluding carboxylic acids is 3. The number of para-hydroxylation sites is 2. The Morgan fingerprint density at radius 1 is 1.10 bits per heavy atom. The van der Waals surface area contributed by atoms with Gasteiger partial charge in [-0.3, -0.25) is 14.4 Å². The highest BCUT2D eigenvalue weighted by molar-refractivity contribution is 6.13. The van der Waals surface area contributed by atoms with Gasteiger partial charge in [0, 0.05) is 18.7 Å². The smallest absolute Gasteiger partial charge is 0.256 e. The SMILES string of the molecule is Cc1cccc(C)c1NC(=O)CN1C(=O)[C@@H]2C[C@H](O)CN2C(=O)c2ccccc21. The number of nitrogens with one attached hydrogen (secondary N) is 1. The van der Waals surface area contributed by atoms with Gasteiger partial charge in [-0.1, -0.05) is 30.3 Å². The lowest BCUT2D eigenvalue weighted by atomic mass is 10.1. The van der Waals surface area contributed by atoms with Gasteiger partial charge in [0.25, 0.3) is 5.91 Å². The summed E-state index contributed by atoms with van der Waals surface area (Å²) < 4.78 is 0. The predicted octanol–water partition coefficient (Wildman–Crippen LogP) is 1.86. The molecule has 0 bridgehead atoms. The molecule has 150 valence electrons. The number of hydrogen-bond acceptors (Lipinski definition) is 4. The van der Waals surface area contributed by atoms with Crippen LogP contribution < -0.4 is 10.2 Å². The molecule has 1 saturated heterocycles. The number of rotatable bonds is 3. The number of aliphatic hydroxyl groups excluding tert-OH is 1. The Morgan fingerprint density at radius 2 is 1.79 bits per heavy atom. The Kier molecular flexibility index (Phi) is 4.84. The van der Waals surface area contributed by atoms with E-state index >= 15 is 0 Å². The van der Waals surface area contributed by atoms with Crippen LogP contribution in [0, 0.1) is 13.8 Å². The summed E-state index contributed by atoms with van der Waals surface area (Å²) in [7, 11) is 0. The molecule has 0 saturated carbocycles. The van der Waals surface area contributed by atoms with Gasteiger partial charge in [0.1, 0.15) is 12.6 Å². The molecule has 2 heterocycles. The Labute approximate surface area is 168 Å². The number of nitrogens with zero attached hydrogens (tertiary/aromatic N) is 2. The molecule has 2 aliphatic rings. The van der Waals surface area contributed by atoms with Gasteiger partial charge in [-0.15, -0.1) is 0 Å². The number of amides is 3. The number of fused-ring (bicyclic) bond motifs is 2. The Morgan fingerprint density at radius 3 is 2.52 bits per heavy atom. The second-order valence-electron chi connectivity index (χ2n) is 7.62. The Bertz CT molecular complexity index is 983. The Balaban J connectivity index is 1.66. The molecule has 7 heteroatoms. The molecule has 1 fully saturated rings. The third-order valence-corrected chi connectivity index (χ3v) is 5.56. The maximum absolute atomic E-state index is 13.2. The van der Waals surface area contributed by atoms with Gasteiger partial charge in [0.15, 0.2) is 0 Å². The summed E-state index contributed by atoms with van der Waals surface area (Å²) in [6.07, 6.45) is -0.573. The van der Waals surface area contributed by atoms with E-state index in [1.165, 1.54) is 9.80 Å². The molecule has 29 heavy (non-hydrogen) atoms. The lowest BCUT2D eigenvalue weighted by molar-refractivity contribution is -0.124. The average Bonchev–Trinajstić information content (AvgIpc) is 3.07. The van der Waals surface area contributed by atoms with Gasteiger partial charge in [0.2, 0.25) is 11.8 Å². The van der Waals surface area contributed by atoms with Crippen molar-refractivity contribution in [3.63, 3.8) is 0 Å². The van der Waals surface area contributed by atoms with Crippen LogP contribution >= 0.6 is 0 Å². The summed E-state index contributed by atoms with van der Waals surface area (Å²) in [5.74, 6) is -0.991. The van der Waals surface area contributed by atoms with Gasteiger partial charge in [-0.25, -0.2) is 0 Å². The van der Waals surface area contributed by atoms with Crippen molar-refractivity contribution in [3.05, 3.63) is 59.2 Å². The van der Waals surface area contributed by atoms with E-state index in [1.54, 1.807) is 24.3 Å². The summed E-state index contributed by atoms with van der Waals surface area (Å²) in [6, 6.07) is 11.8. The molecular formula is C22H23N3O4. The van der Waals surface area contributed by atoms with Crippen LogP contribution in [0.3, 0.4) is 0 Å². The first kappa shape index (κ1) is 19.1. The standard InChI is InChI=1S/C22H23N3O4/c1-13-6-5-7-14(2)20(13)23-19(27)12-25-17-9-4-3-8-16(17)21(28)24-11-15(26)10-18(24)22(25)29/h3-9,15,18,26H,10-12H2,1-2H3,(H,23,27)/t15-,18-/m0/s1. The molecule has 2 atom stereocenters. The van der Waals surface area contributed by atoms with Crippen molar-refractivity contribution in [2.45, 2.75) is 32.4 Å². The molecular weight excluding hydrogens is 370 g/mol. The first-order valence-electron chi connectivity index (χ1n) is 9.62. The molecule has 2 aromatic rings. The summed E-state index contributed by atoms with van der Waals surface area (Å²) in [5, 5.41) is 12.9. The van der Waals surface area contributed by atoms with E-state index in [0.29, 0.717) is 11.3 Å². The van der Waals surface area contributed by atoms with Crippen LogP contribution in [0.15, 0.2) is 42.5 Å². The van der Waals surface area contributed by atoms with Gasteiger partial charge in [-0.2, -0.15) is 0 Å². The van der Waals surface area contributed by atoms with Crippen LogP contribution in [0.25, 0.3) is 0 Å². The normalized spacial score (nSPS) is 20.9. The summed E-state index contributed by atoms with van der Waals surface area (Å²) in [5.41, 5.74) is 3.37. The second-order valence-corrected chi connectivity index (χ2v) is 7.62. The number of carbonyl (C=O) groups is 3. The topological polar surface area (TPSA) is 89.9 Å². The lowest BCUT2D eigenvalue weighted by Crippen LogP contribution is -2.47. The minimum Gasteiger partial charge on any atom is -0.391 e. The fourth-order valence-corrected chi connectivity index (χ4v) is 4.11. The highest BCUT2D eigenvalue weighted by Crippen LogP contribution is 2.32. The summed E-state index contributed by atoms with van der Waals surface area (Å²) >= 11 is 0. The number of aliphatic hydroxyl groups is 1. The molecule has 0 spiro atoms. The summed E-state index contributed by atoms with van der Waals surface area (Å²) in [6.45, 7) is 3.72. The van der Waals surface area contributed by atoms with Crippen LogP contribution in [0.4, 0.5) is 11.4 Å². The van der Waals surface area contributed by atoms with E-state index in [0.717, 1.165) is 16.8 Å². The number of hydrogen-bond donors (Lipinski definition) is 2. The molecule has 0 aliphatic carbocycles. The van der Waals surface area contributed by atoms with Crippen molar-refractivity contribution in [3.8, 4) is 0 Å². The van der Waals surface area contributed by atoms with Crippen LogP contribution in [0.1, 0.15) is 27.9 Å². The van der Waals surface area contributed by atoms with Gasteiger partial charge >= 0.3 is 0 Å². The van der Waals surface area contributed by atoms with Gasteiger partial charge in [0.05, 0.1) is 17.4 Å². The zero-order valence-corrected chi connectivity index (χ0v) is 16.4. The maximum Gasteiger partial charge on any atom is 0.256 e. The number of aryl methyl sites for hydroxylation is 2. The fraction of sp³-hybridized carbons (Fsp3) is 0.318. The minimum absolute atomic E-state index is 0.117. The van der Waals surface area contributed by atoms with Crippen molar-refractivity contribution in [1.29, 1.82) is 0 Å². The minimum atomic E-state index is -0.766. The van der Waals surface area contributed by atoms with E-state index in [4.69, 9.17) is 0 Å². The third kappa shape index (κ3) is 3.38. The average molecular weight is 393 g/mol. The highest BCUT2D eigenvalue weighted by atomic mass is 16.3. The monoisotopic (exact) mass is 393 g/mol. The lowest BCUT2D eigenvalue weighted by Gasteiger charge is -2.25. The second kappa shape index (κ2) is 7.33. The molecule has 7 nitrogen and oxygen atoms in total. The first-order chi connectivity index (χ1) is 13.9. The molecule has 4 rings (SSSR count). The van der Waals surface area contributed by atoms with Gasteiger partial charge < -0.3 is 20.2 Å². The van der Waals surface area contributed by atoms with Crippen molar-refractivity contribution in [2.75, 3.05) is 23.3 Å². The molecule has 0 radical (unpaired) electrons. The van der Waals surface area contributed by atoms with Crippen molar-refractivity contribution >= 4 is 29.1 Å². The third-order valence-electron chi connectivity index (χ3n) is 5.56. The maximum atomic E-state index is 13.2. The molecule has 0 aromatic heterocycles.